The summed E-state index contributed by atoms with van der Waals surface area (Å²) in [4.78, 5) is 27.1. The topological polar surface area (TPSA) is 79.3 Å². The zero-order valence-electron chi connectivity index (χ0n) is 13.1. The van der Waals surface area contributed by atoms with Crippen LogP contribution >= 0.6 is 0 Å². The molecular formula is C14H26N2O5. The summed E-state index contributed by atoms with van der Waals surface area (Å²) in [6, 6.07) is -0.553. The number of urea groups is 1. The first-order valence-corrected chi connectivity index (χ1v) is 7.50. The zero-order valence-corrected chi connectivity index (χ0v) is 13.1. The Balaban J connectivity index is 2.72. The average Bonchev–Trinajstić information content (AvgIpc) is 2.94. The Bertz CT molecular complexity index is 350. The van der Waals surface area contributed by atoms with E-state index in [4.69, 9.17) is 9.47 Å². The van der Waals surface area contributed by atoms with E-state index < -0.39 is 17.9 Å². The maximum atomic E-state index is 12.6. The van der Waals surface area contributed by atoms with Crippen LogP contribution in [0.4, 0.5) is 4.79 Å². The van der Waals surface area contributed by atoms with Crippen molar-refractivity contribution >= 4 is 12.0 Å². The number of hydrogen-bond acceptors (Lipinski definition) is 4. The minimum Gasteiger partial charge on any atom is -0.481 e. The monoisotopic (exact) mass is 302 g/mol. The fraction of sp³-hybridized carbons (Fsp3) is 0.857. The van der Waals surface area contributed by atoms with Crippen LogP contribution in [-0.2, 0) is 14.3 Å². The molecule has 0 radical (unpaired) electrons. The van der Waals surface area contributed by atoms with E-state index in [9.17, 15) is 14.7 Å². The van der Waals surface area contributed by atoms with Crippen molar-refractivity contribution in [2.24, 2.45) is 5.92 Å². The molecule has 21 heavy (non-hydrogen) atoms. The number of amides is 2. The van der Waals surface area contributed by atoms with E-state index in [-0.39, 0.29) is 19.2 Å². The van der Waals surface area contributed by atoms with Crippen LogP contribution in [0.1, 0.15) is 20.8 Å². The quantitative estimate of drug-likeness (QED) is 0.674. The highest BCUT2D eigenvalue weighted by Gasteiger charge is 2.40. The van der Waals surface area contributed by atoms with Crippen LogP contribution in [0.2, 0.25) is 0 Å². The van der Waals surface area contributed by atoms with Gasteiger partial charge in [-0.25, -0.2) is 4.79 Å². The van der Waals surface area contributed by atoms with Gasteiger partial charge in [-0.15, -0.1) is 0 Å². The van der Waals surface area contributed by atoms with E-state index in [0.29, 0.717) is 32.8 Å². The Kier molecular flexibility index (Phi) is 7.45. The lowest BCUT2D eigenvalue weighted by atomic mass is 10.0. The highest BCUT2D eigenvalue weighted by Crippen LogP contribution is 2.21. The molecule has 2 unspecified atom stereocenters. The van der Waals surface area contributed by atoms with Crippen LogP contribution in [0.5, 0.6) is 0 Å². The van der Waals surface area contributed by atoms with Crippen molar-refractivity contribution in [2.45, 2.75) is 26.8 Å². The summed E-state index contributed by atoms with van der Waals surface area (Å²) >= 11 is 0. The molecule has 7 heteroatoms. The second kappa shape index (κ2) is 8.84. The molecule has 0 spiro atoms. The van der Waals surface area contributed by atoms with Gasteiger partial charge in [0.15, 0.2) is 0 Å². The normalized spacial score (nSPS) is 21.3. The number of carbonyl (C=O) groups excluding carboxylic acids is 1. The molecule has 7 nitrogen and oxygen atoms in total. The van der Waals surface area contributed by atoms with Gasteiger partial charge in [0, 0.05) is 26.2 Å². The molecule has 2 atom stereocenters. The van der Waals surface area contributed by atoms with Crippen molar-refractivity contribution in [3.05, 3.63) is 0 Å². The van der Waals surface area contributed by atoms with Crippen LogP contribution in [0.25, 0.3) is 0 Å². The second-order valence-electron chi connectivity index (χ2n) is 4.89. The second-order valence-corrected chi connectivity index (χ2v) is 4.89. The lowest BCUT2D eigenvalue weighted by Crippen LogP contribution is -2.52. The summed E-state index contributed by atoms with van der Waals surface area (Å²) in [5.41, 5.74) is 0. The Morgan fingerprint density at radius 2 is 1.95 bits per heavy atom. The summed E-state index contributed by atoms with van der Waals surface area (Å²) < 4.78 is 10.5. The predicted molar refractivity (Wildman–Crippen MR) is 77.2 cm³/mol. The maximum absolute atomic E-state index is 12.6. The number of nitrogens with zero attached hydrogens (tertiary/aromatic N) is 2. The molecule has 1 N–H and O–H groups in total. The Labute approximate surface area is 125 Å². The van der Waals surface area contributed by atoms with Crippen molar-refractivity contribution < 1.29 is 24.2 Å². The number of ether oxygens (including phenoxy) is 2. The minimum absolute atomic E-state index is 0.151. The molecule has 0 aromatic carbocycles. The molecule has 122 valence electrons. The van der Waals surface area contributed by atoms with Crippen LogP contribution < -0.4 is 0 Å². The highest BCUT2D eigenvalue weighted by molar-refractivity contribution is 5.77. The number of carboxylic acids is 1. The first-order chi connectivity index (χ1) is 10.1. The lowest BCUT2D eigenvalue weighted by Gasteiger charge is -2.34. The van der Waals surface area contributed by atoms with E-state index in [2.05, 4.69) is 0 Å². The van der Waals surface area contributed by atoms with Gasteiger partial charge < -0.3 is 24.4 Å². The van der Waals surface area contributed by atoms with E-state index in [1.807, 2.05) is 20.8 Å². The summed E-state index contributed by atoms with van der Waals surface area (Å²) in [5.74, 6) is -1.57. The average molecular weight is 302 g/mol. The van der Waals surface area contributed by atoms with Crippen molar-refractivity contribution in [2.75, 3.05) is 46.1 Å². The molecule has 1 heterocycles. The van der Waals surface area contributed by atoms with Gasteiger partial charge in [0.1, 0.15) is 5.92 Å². The Morgan fingerprint density at radius 3 is 2.48 bits per heavy atom. The van der Waals surface area contributed by atoms with Gasteiger partial charge in [-0.3, -0.25) is 4.79 Å². The van der Waals surface area contributed by atoms with E-state index in [0.717, 1.165) is 0 Å². The van der Waals surface area contributed by atoms with Crippen molar-refractivity contribution in [1.82, 2.24) is 9.80 Å². The molecule has 0 saturated carbocycles. The largest absolute Gasteiger partial charge is 0.481 e. The number of aliphatic carboxylic acids is 1. The van der Waals surface area contributed by atoms with Crippen LogP contribution in [0.15, 0.2) is 0 Å². The number of hydrogen-bond donors (Lipinski definition) is 1. The molecule has 2 amide bonds. The summed E-state index contributed by atoms with van der Waals surface area (Å²) in [5, 5.41) is 9.23. The highest BCUT2D eigenvalue weighted by atomic mass is 16.5. The van der Waals surface area contributed by atoms with Gasteiger partial charge in [0.2, 0.25) is 0 Å². The predicted octanol–water partition coefficient (Wildman–Crippen LogP) is 0.886. The number of carbonyl (C=O) groups is 2. The molecule has 1 saturated heterocycles. The van der Waals surface area contributed by atoms with Gasteiger partial charge in [-0.1, -0.05) is 0 Å². The van der Waals surface area contributed by atoms with Crippen molar-refractivity contribution in [1.29, 1.82) is 0 Å². The maximum Gasteiger partial charge on any atom is 0.320 e. The van der Waals surface area contributed by atoms with Crippen molar-refractivity contribution in [3.63, 3.8) is 0 Å². The van der Waals surface area contributed by atoms with Gasteiger partial charge in [0.05, 0.1) is 25.9 Å². The molecule has 0 bridgehead atoms. The van der Waals surface area contributed by atoms with Gasteiger partial charge in [-0.2, -0.15) is 0 Å². The Hall–Kier alpha value is -1.34. The molecule has 1 aliphatic rings. The van der Waals surface area contributed by atoms with Gasteiger partial charge >= 0.3 is 12.0 Å². The number of likely N-dealkylation sites (N-methyl/N-ethyl adjacent to an activating group) is 2. The van der Waals surface area contributed by atoms with E-state index >= 15 is 0 Å². The number of carboxylic acid groups (broad SMARTS) is 1. The minimum atomic E-state index is -0.916. The number of rotatable bonds is 8. The first-order valence-electron chi connectivity index (χ1n) is 7.50. The molecule has 0 aromatic rings. The molecular weight excluding hydrogens is 276 g/mol. The molecule has 1 aliphatic heterocycles. The van der Waals surface area contributed by atoms with Crippen LogP contribution in [-0.4, -0.2) is 79.0 Å². The lowest BCUT2D eigenvalue weighted by molar-refractivity contribution is -0.142. The smallest absolute Gasteiger partial charge is 0.320 e. The van der Waals surface area contributed by atoms with Crippen LogP contribution in [0.3, 0.4) is 0 Å². The summed E-state index contributed by atoms with van der Waals surface area (Å²) in [6.07, 6.45) is 0. The third kappa shape index (κ3) is 4.57. The fourth-order valence-electron chi connectivity index (χ4n) is 2.49. The molecule has 0 aromatic heterocycles. The molecule has 1 fully saturated rings. The van der Waals surface area contributed by atoms with Crippen molar-refractivity contribution in [3.8, 4) is 0 Å². The van der Waals surface area contributed by atoms with Gasteiger partial charge in [0.25, 0.3) is 0 Å². The third-order valence-corrected chi connectivity index (χ3v) is 3.72. The van der Waals surface area contributed by atoms with E-state index in [1.54, 1.807) is 9.80 Å². The first kappa shape index (κ1) is 17.7. The SMILES string of the molecule is CCOCCN(CC)C(=O)N(CC)C1COCC1C(=O)O. The van der Waals surface area contributed by atoms with Gasteiger partial charge in [-0.05, 0) is 20.8 Å². The van der Waals surface area contributed by atoms with Crippen LogP contribution in [0, 0.1) is 5.92 Å². The fourth-order valence-corrected chi connectivity index (χ4v) is 2.49. The zero-order chi connectivity index (χ0) is 15.8. The standard InChI is InChI=1S/C14H26N2O5/c1-4-15(7-8-20-6-3)14(19)16(5-2)12-10-21-9-11(12)13(17)18/h11-12H,4-10H2,1-3H3,(H,17,18). The Morgan fingerprint density at radius 1 is 1.24 bits per heavy atom. The molecule has 0 aliphatic carbocycles. The summed E-state index contributed by atoms with van der Waals surface area (Å²) in [6.45, 7) is 8.72. The van der Waals surface area contributed by atoms with E-state index in [1.165, 1.54) is 0 Å². The summed E-state index contributed by atoms with van der Waals surface area (Å²) in [7, 11) is 0. The molecule has 1 rings (SSSR count). The third-order valence-electron chi connectivity index (χ3n) is 3.72.